The normalized spacial score (nSPS) is 11.0. The highest BCUT2D eigenvalue weighted by Gasteiger charge is 2.13. The number of anilines is 1. The number of para-hydroxylation sites is 1. The van der Waals surface area contributed by atoms with Crippen LogP contribution in [0, 0.1) is 6.92 Å². The molecule has 0 unspecified atom stereocenters. The Bertz CT molecular complexity index is 1130. The van der Waals surface area contributed by atoms with Crippen LogP contribution in [0.2, 0.25) is 5.02 Å². The summed E-state index contributed by atoms with van der Waals surface area (Å²) in [5.74, 6) is 1.86. The topological polar surface area (TPSA) is 54.9 Å². The summed E-state index contributed by atoms with van der Waals surface area (Å²) in [5, 5.41) is 8.47. The van der Waals surface area contributed by atoms with Crippen LogP contribution < -0.4 is 20.2 Å². The average Bonchev–Trinajstić information content (AvgIpc) is 2.80. The molecule has 0 spiro atoms. The summed E-state index contributed by atoms with van der Waals surface area (Å²) in [6.45, 7) is 6.57. The van der Waals surface area contributed by atoms with E-state index in [2.05, 4.69) is 29.7 Å². The van der Waals surface area contributed by atoms with Crippen molar-refractivity contribution >= 4 is 40.8 Å². The van der Waals surface area contributed by atoms with Crippen molar-refractivity contribution in [3.8, 4) is 11.5 Å². The third-order valence-corrected chi connectivity index (χ3v) is 5.61. The number of hydrogen-bond donors (Lipinski definition) is 2. The Balaban J connectivity index is 1.69. The van der Waals surface area contributed by atoms with Gasteiger partial charge in [-0.1, -0.05) is 43.6 Å². The lowest BCUT2D eigenvalue weighted by atomic mass is 10.0. The number of hydrogen-bond acceptors (Lipinski definition) is 4. The highest BCUT2D eigenvalue weighted by Crippen LogP contribution is 2.33. The Morgan fingerprint density at radius 2 is 1.85 bits per heavy atom. The van der Waals surface area contributed by atoms with E-state index >= 15 is 0 Å². The number of nitrogens with one attached hydrogen (secondary N) is 2. The number of halogens is 1. The zero-order chi connectivity index (χ0) is 23.8. The van der Waals surface area contributed by atoms with Gasteiger partial charge in [0, 0.05) is 16.3 Å². The van der Waals surface area contributed by atoms with Crippen LogP contribution in [0.25, 0.3) is 0 Å². The molecule has 33 heavy (non-hydrogen) atoms. The summed E-state index contributed by atoms with van der Waals surface area (Å²) in [5.41, 5.74) is 7.58. The third kappa shape index (κ3) is 6.94. The van der Waals surface area contributed by atoms with Crippen LogP contribution in [0.3, 0.4) is 0 Å². The molecule has 7 heteroatoms. The Hall–Kier alpha value is -3.09. The van der Waals surface area contributed by atoms with Crippen LogP contribution in [0.5, 0.6) is 11.5 Å². The van der Waals surface area contributed by atoms with E-state index in [9.17, 15) is 0 Å². The Morgan fingerprint density at radius 3 is 2.55 bits per heavy atom. The van der Waals surface area contributed by atoms with Gasteiger partial charge < -0.3 is 14.8 Å². The molecule has 0 aromatic heterocycles. The van der Waals surface area contributed by atoms with Crippen molar-refractivity contribution in [2.45, 2.75) is 33.3 Å². The van der Waals surface area contributed by atoms with E-state index in [1.165, 1.54) is 0 Å². The van der Waals surface area contributed by atoms with Crippen molar-refractivity contribution in [2.75, 3.05) is 12.4 Å². The molecule has 3 aromatic carbocycles. The van der Waals surface area contributed by atoms with E-state index in [0.29, 0.717) is 11.7 Å². The molecule has 0 saturated heterocycles. The standard InChI is InChI=1S/C26H28ClN3O2S/c1-17(2)22-14-23(27)18(3)12-25(22)32-16-20-13-19(10-11-24(20)31-4)15-28-30-26(33)29-21-8-6-5-7-9-21/h5-15,17H,16H2,1-4H3,(H2,29,30,33)/b28-15+. The summed E-state index contributed by atoms with van der Waals surface area (Å²) in [7, 11) is 1.65. The van der Waals surface area contributed by atoms with E-state index in [1.807, 2.05) is 67.6 Å². The molecule has 0 fully saturated rings. The molecule has 2 N–H and O–H groups in total. The van der Waals surface area contributed by atoms with Gasteiger partial charge in [-0.25, -0.2) is 0 Å². The number of rotatable bonds is 8. The maximum atomic E-state index is 6.32. The highest BCUT2D eigenvalue weighted by molar-refractivity contribution is 7.80. The van der Waals surface area contributed by atoms with Crippen molar-refractivity contribution in [1.82, 2.24) is 5.43 Å². The van der Waals surface area contributed by atoms with Crippen LogP contribution in [-0.2, 0) is 6.61 Å². The van der Waals surface area contributed by atoms with E-state index < -0.39 is 0 Å². The first-order valence-electron chi connectivity index (χ1n) is 10.6. The van der Waals surface area contributed by atoms with Gasteiger partial charge in [-0.05, 0) is 84.2 Å². The third-order valence-electron chi connectivity index (χ3n) is 5.01. The van der Waals surface area contributed by atoms with Gasteiger partial charge in [0.05, 0.1) is 13.3 Å². The van der Waals surface area contributed by atoms with Gasteiger partial charge in [0.1, 0.15) is 18.1 Å². The first-order chi connectivity index (χ1) is 15.9. The largest absolute Gasteiger partial charge is 0.496 e. The van der Waals surface area contributed by atoms with Gasteiger partial charge in [0.15, 0.2) is 5.11 Å². The predicted octanol–water partition coefficient (Wildman–Crippen LogP) is 6.68. The monoisotopic (exact) mass is 481 g/mol. The number of nitrogens with zero attached hydrogens (tertiary/aromatic N) is 1. The highest BCUT2D eigenvalue weighted by atomic mass is 35.5. The quantitative estimate of drug-likeness (QED) is 0.213. The van der Waals surface area contributed by atoms with Crippen LogP contribution >= 0.6 is 23.8 Å². The number of benzene rings is 3. The fourth-order valence-corrected chi connectivity index (χ4v) is 3.58. The molecule has 0 heterocycles. The number of ether oxygens (including phenoxy) is 2. The molecule has 0 saturated carbocycles. The molecule has 0 bridgehead atoms. The maximum absolute atomic E-state index is 6.32. The van der Waals surface area contributed by atoms with Crippen molar-refractivity contribution in [2.24, 2.45) is 5.10 Å². The molecule has 0 aliphatic rings. The zero-order valence-corrected chi connectivity index (χ0v) is 20.8. The van der Waals surface area contributed by atoms with Crippen LogP contribution in [0.4, 0.5) is 5.69 Å². The second kappa shape index (κ2) is 11.7. The smallest absolute Gasteiger partial charge is 0.191 e. The lowest BCUT2D eigenvalue weighted by Gasteiger charge is -2.17. The summed E-state index contributed by atoms with van der Waals surface area (Å²) in [4.78, 5) is 0. The minimum Gasteiger partial charge on any atom is -0.496 e. The zero-order valence-electron chi connectivity index (χ0n) is 19.2. The second-order valence-corrected chi connectivity index (χ2v) is 8.66. The molecular weight excluding hydrogens is 454 g/mol. The van der Waals surface area contributed by atoms with E-state index in [-0.39, 0.29) is 5.92 Å². The van der Waals surface area contributed by atoms with Crippen molar-refractivity contribution in [3.63, 3.8) is 0 Å². The van der Waals surface area contributed by atoms with Crippen molar-refractivity contribution in [1.29, 1.82) is 0 Å². The van der Waals surface area contributed by atoms with E-state index in [0.717, 1.165) is 44.5 Å². The number of hydrazone groups is 1. The molecule has 3 aromatic rings. The molecule has 172 valence electrons. The van der Waals surface area contributed by atoms with Gasteiger partial charge in [0.2, 0.25) is 0 Å². The van der Waals surface area contributed by atoms with Gasteiger partial charge in [-0.2, -0.15) is 5.10 Å². The summed E-state index contributed by atoms with van der Waals surface area (Å²) in [6.07, 6.45) is 1.70. The fraction of sp³-hybridized carbons (Fsp3) is 0.231. The number of aryl methyl sites for hydroxylation is 1. The first-order valence-corrected chi connectivity index (χ1v) is 11.4. The molecule has 0 amide bonds. The minimum absolute atomic E-state index is 0.290. The van der Waals surface area contributed by atoms with Crippen LogP contribution in [-0.4, -0.2) is 18.4 Å². The molecule has 0 aliphatic carbocycles. The lowest BCUT2D eigenvalue weighted by molar-refractivity contribution is 0.292. The average molecular weight is 482 g/mol. The fourth-order valence-electron chi connectivity index (χ4n) is 3.24. The Kier molecular flexibility index (Phi) is 8.69. The molecule has 5 nitrogen and oxygen atoms in total. The SMILES string of the molecule is COc1ccc(/C=N/NC(=S)Nc2ccccc2)cc1COc1cc(C)c(Cl)cc1C(C)C. The summed E-state index contributed by atoms with van der Waals surface area (Å²) < 4.78 is 11.7. The van der Waals surface area contributed by atoms with Gasteiger partial charge >= 0.3 is 0 Å². The molecular formula is C26H28ClN3O2S. The minimum atomic E-state index is 0.290. The molecule has 0 atom stereocenters. The van der Waals surface area contributed by atoms with E-state index in [4.69, 9.17) is 33.3 Å². The number of thiocarbonyl (C=S) groups is 1. The van der Waals surface area contributed by atoms with Gasteiger partial charge in [-0.15, -0.1) is 0 Å². The van der Waals surface area contributed by atoms with E-state index in [1.54, 1.807) is 13.3 Å². The van der Waals surface area contributed by atoms with Crippen LogP contribution in [0.1, 0.15) is 42.0 Å². The molecule has 0 radical (unpaired) electrons. The van der Waals surface area contributed by atoms with Crippen molar-refractivity contribution < 1.29 is 9.47 Å². The van der Waals surface area contributed by atoms with Crippen molar-refractivity contribution in [3.05, 3.63) is 87.9 Å². The lowest BCUT2D eigenvalue weighted by Crippen LogP contribution is -2.23. The molecule has 0 aliphatic heterocycles. The maximum Gasteiger partial charge on any atom is 0.191 e. The summed E-state index contributed by atoms with van der Waals surface area (Å²) in [6, 6.07) is 19.5. The van der Waals surface area contributed by atoms with Crippen LogP contribution in [0.15, 0.2) is 65.8 Å². The molecule has 3 rings (SSSR count). The van der Waals surface area contributed by atoms with Gasteiger partial charge in [-0.3, -0.25) is 5.43 Å². The Labute approximate surface area is 205 Å². The number of methoxy groups -OCH3 is 1. The first kappa shape index (κ1) is 24.6. The predicted molar refractivity (Wildman–Crippen MR) is 141 cm³/mol. The van der Waals surface area contributed by atoms with Gasteiger partial charge in [0.25, 0.3) is 0 Å². The summed E-state index contributed by atoms with van der Waals surface area (Å²) >= 11 is 11.6. The second-order valence-electron chi connectivity index (χ2n) is 7.84. The Morgan fingerprint density at radius 1 is 1.09 bits per heavy atom.